The van der Waals surface area contributed by atoms with Crippen LogP contribution in [0.2, 0.25) is 0 Å². The summed E-state index contributed by atoms with van der Waals surface area (Å²) in [7, 11) is 0. The number of halogens is 2. The summed E-state index contributed by atoms with van der Waals surface area (Å²) in [6, 6.07) is 4.37. The van der Waals surface area contributed by atoms with E-state index >= 15 is 0 Å². The number of anilines is 1. The molecule has 0 aromatic heterocycles. The summed E-state index contributed by atoms with van der Waals surface area (Å²) in [5, 5.41) is 0. The van der Waals surface area contributed by atoms with Crippen molar-refractivity contribution in [3.8, 4) is 0 Å². The lowest BCUT2D eigenvalue weighted by atomic mass is 9.78. The molecule has 0 bridgehead atoms. The first-order valence-corrected chi connectivity index (χ1v) is 11.2. The first-order valence-electron chi connectivity index (χ1n) is 11.2. The van der Waals surface area contributed by atoms with Crippen molar-refractivity contribution < 1.29 is 18.3 Å². The minimum atomic E-state index is -0.789. The summed E-state index contributed by atoms with van der Waals surface area (Å²) in [5.41, 5.74) is 5.92. The van der Waals surface area contributed by atoms with E-state index in [-0.39, 0.29) is 17.9 Å². The number of hydrogen-bond acceptors (Lipinski definition) is 4. The first-order chi connectivity index (χ1) is 14.3. The lowest BCUT2D eigenvalue weighted by Crippen LogP contribution is -2.47. The van der Waals surface area contributed by atoms with Gasteiger partial charge in [-0.25, -0.2) is 8.78 Å². The molecule has 7 heteroatoms. The molecular weight excluding hydrogens is 388 g/mol. The van der Waals surface area contributed by atoms with E-state index in [0.717, 1.165) is 57.8 Å². The van der Waals surface area contributed by atoms with E-state index in [4.69, 9.17) is 10.5 Å². The van der Waals surface area contributed by atoms with Gasteiger partial charge in [0.15, 0.2) is 11.6 Å². The maximum Gasteiger partial charge on any atom is 0.246 e. The van der Waals surface area contributed by atoms with E-state index in [1.54, 1.807) is 12.1 Å². The van der Waals surface area contributed by atoms with Crippen LogP contribution in [0.5, 0.6) is 0 Å². The number of nitrogens with zero attached hydrogens (tertiary/aromatic N) is 2. The Labute approximate surface area is 178 Å². The number of ether oxygens (including phenoxy) is 1. The summed E-state index contributed by atoms with van der Waals surface area (Å²) in [5.74, 6) is -1.00. The molecule has 1 heterocycles. The van der Waals surface area contributed by atoms with Crippen LogP contribution >= 0.6 is 0 Å². The fourth-order valence-electron chi connectivity index (χ4n) is 4.80. The van der Waals surface area contributed by atoms with E-state index in [2.05, 4.69) is 4.90 Å². The number of rotatable bonds is 8. The standard InChI is InChI=1S/C23H35F2N3O2/c1-16(2)30-22(23(26)29)18-8-6-17(7-9-18)10-11-27-12-14-28(15-13-27)20-5-3-4-19(24)21(20)25/h3-5,16-18,22H,6-15H2,1-2H3,(H2,26,29). The van der Waals surface area contributed by atoms with Crippen LogP contribution in [0.4, 0.5) is 14.5 Å². The summed E-state index contributed by atoms with van der Waals surface area (Å²) >= 11 is 0. The minimum Gasteiger partial charge on any atom is -0.367 e. The smallest absolute Gasteiger partial charge is 0.246 e. The van der Waals surface area contributed by atoms with Gasteiger partial charge >= 0.3 is 0 Å². The largest absolute Gasteiger partial charge is 0.367 e. The second-order valence-corrected chi connectivity index (χ2v) is 8.98. The first kappa shape index (κ1) is 22.9. The summed E-state index contributed by atoms with van der Waals surface area (Å²) in [6.45, 7) is 8.03. The number of carbonyl (C=O) groups is 1. The Morgan fingerprint density at radius 3 is 2.40 bits per heavy atom. The van der Waals surface area contributed by atoms with E-state index in [1.165, 1.54) is 0 Å². The lowest BCUT2D eigenvalue weighted by molar-refractivity contribution is -0.138. The maximum atomic E-state index is 14.0. The summed E-state index contributed by atoms with van der Waals surface area (Å²) < 4.78 is 33.3. The fraction of sp³-hybridized carbons (Fsp3) is 0.696. The third kappa shape index (κ3) is 5.91. The molecule has 3 rings (SSSR count). The zero-order valence-electron chi connectivity index (χ0n) is 18.2. The number of carbonyl (C=O) groups excluding carboxylic acids is 1. The molecule has 0 spiro atoms. The van der Waals surface area contributed by atoms with Gasteiger partial charge in [0.2, 0.25) is 5.91 Å². The van der Waals surface area contributed by atoms with E-state index < -0.39 is 17.7 Å². The Kier molecular flexibility index (Phi) is 8.06. The van der Waals surface area contributed by atoms with E-state index in [0.29, 0.717) is 24.7 Å². The Hall–Kier alpha value is -1.73. The summed E-state index contributed by atoms with van der Waals surface area (Å²) in [4.78, 5) is 16.1. The average Bonchev–Trinajstić information content (AvgIpc) is 2.73. The van der Waals surface area contributed by atoms with Crippen molar-refractivity contribution in [2.45, 2.75) is 58.2 Å². The zero-order chi connectivity index (χ0) is 21.7. The van der Waals surface area contributed by atoms with Gasteiger partial charge in [-0.2, -0.15) is 0 Å². The third-order valence-corrected chi connectivity index (χ3v) is 6.52. The van der Waals surface area contributed by atoms with Gasteiger partial charge in [0.05, 0.1) is 11.8 Å². The van der Waals surface area contributed by atoms with Crippen molar-refractivity contribution in [1.82, 2.24) is 4.90 Å². The predicted octanol–water partition coefficient (Wildman–Crippen LogP) is 3.56. The number of piperazine rings is 1. The normalized spacial score (nSPS) is 24.2. The molecule has 1 saturated heterocycles. The third-order valence-electron chi connectivity index (χ3n) is 6.52. The maximum absolute atomic E-state index is 14.0. The molecule has 168 valence electrons. The number of nitrogens with two attached hydrogens (primary N) is 1. The molecule has 1 aliphatic carbocycles. The molecule has 1 amide bonds. The molecule has 2 N–H and O–H groups in total. The van der Waals surface area contributed by atoms with Crippen LogP contribution in [-0.2, 0) is 9.53 Å². The van der Waals surface area contributed by atoms with Crippen LogP contribution in [-0.4, -0.2) is 55.7 Å². The van der Waals surface area contributed by atoms with Crippen LogP contribution in [0.1, 0.15) is 46.0 Å². The average molecular weight is 424 g/mol. The molecule has 5 nitrogen and oxygen atoms in total. The number of benzene rings is 1. The second-order valence-electron chi connectivity index (χ2n) is 8.98. The second kappa shape index (κ2) is 10.5. The van der Waals surface area contributed by atoms with Gasteiger partial charge in [0.25, 0.3) is 0 Å². The van der Waals surface area contributed by atoms with Gasteiger partial charge < -0.3 is 15.4 Å². The monoisotopic (exact) mass is 423 g/mol. The number of amides is 1. The Morgan fingerprint density at radius 1 is 1.13 bits per heavy atom. The van der Waals surface area contributed by atoms with Gasteiger partial charge in [-0.3, -0.25) is 9.69 Å². The van der Waals surface area contributed by atoms with Crippen LogP contribution < -0.4 is 10.6 Å². The van der Waals surface area contributed by atoms with Crippen LogP contribution in [0.15, 0.2) is 18.2 Å². The highest BCUT2D eigenvalue weighted by molar-refractivity contribution is 5.79. The van der Waals surface area contributed by atoms with Gasteiger partial charge in [-0.1, -0.05) is 18.9 Å². The molecule has 30 heavy (non-hydrogen) atoms. The van der Waals surface area contributed by atoms with Gasteiger partial charge in [0.1, 0.15) is 6.10 Å². The molecule has 1 unspecified atom stereocenters. The Balaban J connectivity index is 1.39. The SMILES string of the molecule is CC(C)OC(C(N)=O)C1CCC(CCN2CCN(c3cccc(F)c3F)CC2)CC1. The molecular formula is C23H35F2N3O2. The number of hydrogen-bond donors (Lipinski definition) is 1. The zero-order valence-corrected chi connectivity index (χ0v) is 18.2. The van der Waals surface area contributed by atoms with Crippen molar-refractivity contribution in [3.63, 3.8) is 0 Å². The van der Waals surface area contributed by atoms with Crippen LogP contribution in [0, 0.1) is 23.5 Å². The van der Waals surface area contributed by atoms with Gasteiger partial charge in [0, 0.05) is 26.2 Å². The van der Waals surface area contributed by atoms with Gasteiger partial charge in [-0.15, -0.1) is 0 Å². The van der Waals surface area contributed by atoms with Gasteiger partial charge in [-0.05, 0) is 63.6 Å². The molecule has 1 saturated carbocycles. The molecule has 1 aromatic carbocycles. The molecule has 1 aromatic rings. The quantitative estimate of drug-likeness (QED) is 0.695. The van der Waals surface area contributed by atoms with E-state index in [1.807, 2.05) is 18.7 Å². The number of primary amides is 1. The Morgan fingerprint density at radius 2 is 1.80 bits per heavy atom. The van der Waals surface area contributed by atoms with Crippen LogP contribution in [0.25, 0.3) is 0 Å². The van der Waals surface area contributed by atoms with E-state index in [9.17, 15) is 13.6 Å². The van der Waals surface area contributed by atoms with Crippen molar-refractivity contribution in [2.75, 3.05) is 37.6 Å². The highest BCUT2D eigenvalue weighted by Crippen LogP contribution is 2.34. The Bertz CT molecular complexity index is 700. The predicted molar refractivity (Wildman–Crippen MR) is 114 cm³/mol. The van der Waals surface area contributed by atoms with Crippen molar-refractivity contribution in [2.24, 2.45) is 17.6 Å². The van der Waals surface area contributed by atoms with Crippen LogP contribution in [0.3, 0.4) is 0 Å². The van der Waals surface area contributed by atoms with Crippen molar-refractivity contribution in [1.29, 1.82) is 0 Å². The van der Waals surface area contributed by atoms with Crippen molar-refractivity contribution >= 4 is 11.6 Å². The molecule has 1 atom stereocenters. The lowest BCUT2D eigenvalue weighted by Gasteiger charge is -2.38. The topological polar surface area (TPSA) is 58.8 Å². The summed E-state index contributed by atoms with van der Waals surface area (Å²) in [6.07, 6.45) is 4.83. The van der Waals surface area contributed by atoms with Crippen molar-refractivity contribution in [3.05, 3.63) is 29.8 Å². The highest BCUT2D eigenvalue weighted by atomic mass is 19.2. The fourth-order valence-corrected chi connectivity index (χ4v) is 4.80. The molecule has 2 aliphatic rings. The minimum absolute atomic E-state index is 0.000237. The highest BCUT2D eigenvalue weighted by Gasteiger charge is 2.32. The molecule has 0 radical (unpaired) electrons. The molecule has 1 aliphatic heterocycles. The molecule has 2 fully saturated rings.